The van der Waals surface area contributed by atoms with Crippen molar-refractivity contribution in [1.82, 2.24) is 25.6 Å². The third kappa shape index (κ3) is 7.28. The minimum Gasteiger partial charge on any atom is -0.364 e. The number of carbonyl (C=O) groups is 1. The summed E-state index contributed by atoms with van der Waals surface area (Å²) in [5.74, 6) is 0.919. The zero-order valence-corrected chi connectivity index (χ0v) is 19.2. The number of halogens is 1. The van der Waals surface area contributed by atoms with Gasteiger partial charge >= 0.3 is 0 Å². The fourth-order valence-electron chi connectivity index (χ4n) is 2.84. The highest BCUT2D eigenvalue weighted by atomic mass is 127. The molecular formula is C18H33IN6O2. The summed E-state index contributed by atoms with van der Waals surface area (Å²) in [4.78, 5) is 21.5. The lowest BCUT2D eigenvalue weighted by molar-refractivity contribution is -0.128. The van der Waals surface area contributed by atoms with Crippen LogP contribution in [0.1, 0.15) is 33.4 Å². The minimum absolute atomic E-state index is 0. The normalized spacial score (nSPS) is 16.0. The number of aromatic nitrogens is 1. The van der Waals surface area contributed by atoms with Crippen LogP contribution in [0.3, 0.4) is 0 Å². The summed E-state index contributed by atoms with van der Waals surface area (Å²) < 4.78 is 4.90. The molecular weight excluding hydrogens is 459 g/mol. The van der Waals surface area contributed by atoms with Gasteiger partial charge in [-0.25, -0.2) is 0 Å². The molecule has 27 heavy (non-hydrogen) atoms. The topological polar surface area (TPSA) is 86.0 Å². The van der Waals surface area contributed by atoms with Crippen molar-refractivity contribution in [2.24, 2.45) is 10.4 Å². The van der Waals surface area contributed by atoms with Gasteiger partial charge in [-0.2, -0.15) is 0 Å². The van der Waals surface area contributed by atoms with Gasteiger partial charge in [0.05, 0.1) is 17.7 Å². The number of nitrogens with one attached hydrogen (secondary N) is 2. The van der Waals surface area contributed by atoms with Gasteiger partial charge in [-0.3, -0.25) is 14.7 Å². The van der Waals surface area contributed by atoms with Crippen LogP contribution in [0.25, 0.3) is 0 Å². The van der Waals surface area contributed by atoms with Crippen LogP contribution in [0.4, 0.5) is 0 Å². The molecule has 0 spiro atoms. The molecule has 0 aliphatic carbocycles. The van der Waals surface area contributed by atoms with E-state index in [0.717, 1.165) is 50.9 Å². The Hall–Kier alpha value is -1.36. The molecule has 1 aromatic heterocycles. The van der Waals surface area contributed by atoms with Crippen LogP contribution in [0.5, 0.6) is 0 Å². The van der Waals surface area contributed by atoms with E-state index in [0.29, 0.717) is 13.1 Å². The predicted octanol–water partition coefficient (Wildman–Crippen LogP) is 1.54. The first kappa shape index (κ1) is 23.7. The van der Waals surface area contributed by atoms with E-state index >= 15 is 0 Å². The zero-order chi connectivity index (χ0) is 19.0. The summed E-state index contributed by atoms with van der Waals surface area (Å²) in [5, 5.41) is 10.2. The second-order valence-corrected chi connectivity index (χ2v) is 7.17. The van der Waals surface area contributed by atoms with Gasteiger partial charge in [-0.05, 0) is 27.7 Å². The van der Waals surface area contributed by atoms with E-state index in [2.05, 4.69) is 32.5 Å². The molecule has 2 heterocycles. The second-order valence-electron chi connectivity index (χ2n) is 7.17. The fraction of sp³-hybridized carbons (Fsp3) is 0.722. The lowest BCUT2D eigenvalue weighted by atomic mass is 9.92. The van der Waals surface area contributed by atoms with Gasteiger partial charge in [0.25, 0.3) is 0 Å². The highest BCUT2D eigenvalue weighted by Gasteiger charge is 2.28. The van der Waals surface area contributed by atoms with Crippen LogP contribution in [0, 0.1) is 5.41 Å². The lowest BCUT2D eigenvalue weighted by Crippen LogP contribution is -2.52. The highest BCUT2D eigenvalue weighted by Crippen LogP contribution is 2.16. The van der Waals surface area contributed by atoms with Crippen LogP contribution in [0.15, 0.2) is 21.8 Å². The maximum atomic E-state index is 12.2. The second kappa shape index (κ2) is 11.5. The van der Waals surface area contributed by atoms with Gasteiger partial charge in [0.1, 0.15) is 6.26 Å². The Kier molecular flexibility index (Phi) is 10.1. The van der Waals surface area contributed by atoms with Crippen LogP contribution in [-0.4, -0.2) is 72.6 Å². The molecule has 0 unspecified atom stereocenters. The maximum Gasteiger partial charge on any atom is 0.227 e. The molecule has 1 aromatic rings. The molecule has 2 rings (SSSR count). The van der Waals surface area contributed by atoms with Gasteiger partial charge in [0.15, 0.2) is 5.96 Å². The largest absolute Gasteiger partial charge is 0.364 e. The average molecular weight is 492 g/mol. The molecule has 1 aliphatic rings. The first-order valence-corrected chi connectivity index (χ1v) is 9.39. The summed E-state index contributed by atoms with van der Waals surface area (Å²) in [6.45, 7) is 14.2. The zero-order valence-electron chi connectivity index (χ0n) is 16.8. The monoisotopic (exact) mass is 492 g/mol. The third-order valence-corrected chi connectivity index (χ3v) is 4.46. The van der Waals surface area contributed by atoms with Crippen LogP contribution in [0.2, 0.25) is 0 Å². The quantitative estimate of drug-likeness (QED) is 0.341. The van der Waals surface area contributed by atoms with Crippen LogP contribution >= 0.6 is 24.0 Å². The van der Waals surface area contributed by atoms with Gasteiger partial charge in [0, 0.05) is 51.9 Å². The highest BCUT2D eigenvalue weighted by molar-refractivity contribution is 14.0. The molecule has 8 nitrogen and oxygen atoms in total. The summed E-state index contributed by atoms with van der Waals surface area (Å²) in [7, 11) is 0. The van der Waals surface area contributed by atoms with Crippen molar-refractivity contribution >= 4 is 35.8 Å². The van der Waals surface area contributed by atoms with E-state index < -0.39 is 5.41 Å². The third-order valence-electron chi connectivity index (χ3n) is 4.46. The Morgan fingerprint density at radius 1 is 1.22 bits per heavy atom. The molecule has 1 saturated heterocycles. The van der Waals surface area contributed by atoms with Gasteiger partial charge in [0.2, 0.25) is 5.91 Å². The summed E-state index contributed by atoms with van der Waals surface area (Å²) in [5.41, 5.74) is 0.438. The van der Waals surface area contributed by atoms with Crippen LogP contribution in [-0.2, 0) is 11.3 Å². The number of carbonyl (C=O) groups excluding carboxylic acids is 1. The molecule has 0 aromatic carbocycles. The first-order valence-electron chi connectivity index (χ1n) is 9.39. The number of aliphatic imine (C=N–C) groups is 1. The van der Waals surface area contributed by atoms with Crippen molar-refractivity contribution in [1.29, 1.82) is 0 Å². The lowest BCUT2D eigenvalue weighted by Gasteiger charge is -2.36. The SMILES string of the molecule is CCNC(=O)C(C)(C)CN=C(NCC)N1CCN(Cc2ccon2)CC1.I. The Morgan fingerprint density at radius 2 is 1.89 bits per heavy atom. The van der Waals surface area contributed by atoms with E-state index in [4.69, 9.17) is 9.52 Å². The number of hydrogen-bond donors (Lipinski definition) is 2. The summed E-state index contributed by atoms with van der Waals surface area (Å²) in [6.07, 6.45) is 1.61. The molecule has 0 saturated carbocycles. The van der Waals surface area contributed by atoms with Gasteiger partial charge in [-0.1, -0.05) is 5.16 Å². The average Bonchev–Trinajstić information content (AvgIpc) is 3.12. The molecule has 154 valence electrons. The Bertz CT molecular complexity index is 583. The van der Waals surface area contributed by atoms with Gasteiger partial charge in [-0.15, -0.1) is 24.0 Å². The molecule has 1 aliphatic heterocycles. The van der Waals surface area contributed by atoms with E-state index in [1.54, 1.807) is 6.26 Å². The van der Waals surface area contributed by atoms with Crippen LogP contribution < -0.4 is 10.6 Å². The fourth-order valence-corrected chi connectivity index (χ4v) is 2.84. The van der Waals surface area contributed by atoms with Crippen molar-refractivity contribution < 1.29 is 9.32 Å². The number of rotatable bonds is 7. The summed E-state index contributed by atoms with van der Waals surface area (Å²) >= 11 is 0. The van der Waals surface area contributed by atoms with Crippen molar-refractivity contribution in [3.05, 3.63) is 18.0 Å². The number of nitrogens with zero attached hydrogens (tertiary/aromatic N) is 4. The van der Waals surface area contributed by atoms with Crippen molar-refractivity contribution in [3.63, 3.8) is 0 Å². The van der Waals surface area contributed by atoms with E-state index in [-0.39, 0.29) is 29.9 Å². The van der Waals surface area contributed by atoms with E-state index in [1.165, 1.54) is 0 Å². The number of piperazine rings is 1. The number of hydrogen-bond acceptors (Lipinski definition) is 5. The molecule has 1 fully saturated rings. The van der Waals surface area contributed by atoms with E-state index in [9.17, 15) is 4.79 Å². The Labute approximate surface area is 179 Å². The standard InChI is InChI=1S/C18H32N6O2.HI/c1-5-19-16(25)18(3,4)14-21-17(20-6-2)24-10-8-23(9-11-24)13-15-7-12-26-22-15;/h7,12H,5-6,8-11,13-14H2,1-4H3,(H,19,25)(H,20,21);1H. The Balaban J connectivity index is 0.00000364. The van der Waals surface area contributed by atoms with Gasteiger partial charge < -0.3 is 20.1 Å². The smallest absolute Gasteiger partial charge is 0.227 e. The number of guanidine groups is 1. The maximum absolute atomic E-state index is 12.2. The summed E-state index contributed by atoms with van der Waals surface area (Å²) in [6, 6.07) is 1.90. The predicted molar refractivity (Wildman–Crippen MR) is 117 cm³/mol. The van der Waals surface area contributed by atoms with Crippen molar-refractivity contribution in [3.8, 4) is 0 Å². The first-order chi connectivity index (χ1) is 12.5. The molecule has 2 N–H and O–H groups in total. The number of amides is 1. The molecule has 0 radical (unpaired) electrons. The molecule has 0 bridgehead atoms. The van der Waals surface area contributed by atoms with E-state index in [1.807, 2.05) is 26.8 Å². The molecule has 9 heteroatoms. The Morgan fingerprint density at radius 3 is 2.44 bits per heavy atom. The molecule has 1 amide bonds. The minimum atomic E-state index is -0.522. The molecule has 0 atom stereocenters. The van der Waals surface area contributed by atoms with Crippen molar-refractivity contribution in [2.75, 3.05) is 45.8 Å². The van der Waals surface area contributed by atoms with Crippen molar-refractivity contribution in [2.45, 2.75) is 34.2 Å².